The second-order valence-electron chi connectivity index (χ2n) is 5.20. The van der Waals surface area contributed by atoms with Gasteiger partial charge in [-0.1, -0.05) is 6.92 Å². The van der Waals surface area contributed by atoms with Crippen LogP contribution in [-0.4, -0.2) is 42.7 Å². The lowest BCUT2D eigenvalue weighted by molar-refractivity contribution is -0.0300. The van der Waals surface area contributed by atoms with E-state index in [1.54, 1.807) is 4.52 Å². The summed E-state index contributed by atoms with van der Waals surface area (Å²) >= 11 is 0. The summed E-state index contributed by atoms with van der Waals surface area (Å²) in [4.78, 5) is 20.4. The van der Waals surface area contributed by atoms with E-state index in [1.165, 1.54) is 12.5 Å². The van der Waals surface area contributed by atoms with Crippen molar-refractivity contribution in [3.63, 3.8) is 0 Å². The monoisotopic (exact) mass is 275 g/mol. The highest BCUT2D eigenvalue weighted by Gasteiger charge is 2.34. The van der Waals surface area contributed by atoms with Crippen LogP contribution in [0.1, 0.15) is 42.2 Å². The predicted octanol–water partition coefficient (Wildman–Crippen LogP) is 0.331. The number of aromatic nitrogens is 4. The Morgan fingerprint density at radius 3 is 2.95 bits per heavy atom. The molecule has 2 aromatic heterocycles. The number of nitrogens with zero attached hydrogens (tertiary/aromatic N) is 4. The van der Waals surface area contributed by atoms with E-state index in [1.807, 2.05) is 6.92 Å². The minimum absolute atomic E-state index is 0.230. The van der Waals surface area contributed by atoms with Gasteiger partial charge >= 0.3 is 0 Å². The highest BCUT2D eigenvalue weighted by atomic mass is 16.3. The molecular weight excluding hydrogens is 258 g/mol. The van der Waals surface area contributed by atoms with E-state index in [0.717, 1.165) is 25.0 Å². The Bertz CT molecular complexity index is 647. The Morgan fingerprint density at radius 2 is 2.30 bits per heavy atom. The first-order chi connectivity index (χ1) is 9.63. The number of carbonyl (C=O) groups excluding carboxylic acids is 1. The molecule has 0 spiro atoms. The molecule has 1 amide bonds. The van der Waals surface area contributed by atoms with E-state index in [9.17, 15) is 9.90 Å². The number of aryl methyl sites for hydroxylation is 1. The Labute approximate surface area is 116 Å². The minimum Gasteiger partial charge on any atom is -0.388 e. The molecule has 0 atom stereocenters. The molecule has 2 heterocycles. The normalized spacial score (nSPS) is 16.9. The number of carbonyl (C=O) groups is 1. The molecule has 2 N–H and O–H groups in total. The second-order valence-corrected chi connectivity index (χ2v) is 5.20. The summed E-state index contributed by atoms with van der Waals surface area (Å²) in [6.07, 6.45) is 6.08. The highest BCUT2D eigenvalue weighted by Crippen LogP contribution is 2.30. The van der Waals surface area contributed by atoms with Gasteiger partial charge in [0.2, 0.25) is 0 Å². The molecule has 1 aliphatic rings. The lowest BCUT2D eigenvalue weighted by Gasteiger charge is -2.36. The van der Waals surface area contributed by atoms with Crippen molar-refractivity contribution in [2.75, 3.05) is 6.54 Å². The number of nitrogens with one attached hydrogen (secondary N) is 1. The third-order valence-electron chi connectivity index (χ3n) is 3.85. The summed E-state index contributed by atoms with van der Waals surface area (Å²) in [5.74, 6) is 0.253. The van der Waals surface area contributed by atoms with E-state index in [-0.39, 0.29) is 12.5 Å². The Balaban J connectivity index is 1.83. The third-order valence-corrected chi connectivity index (χ3v) is 3.85. The van der Waals surface area contributed by atoms with E-state index < -0.39 is 5.60 Å². The van der Waals surface area contributed by atoms with Gasteiger partial charge in [-0.2, -0.15) is 10.1 Å². The summed E-state index contributed by atoms with van der Waals surface area (Å²) in [7, 11) is 0. The lowest BCUT2D eigenvalue weighted by Crippen LogP contribution is -2.48. The number of rotatable bonds is 4. The van der Waals surface area contributed by atoms with E-state index in [2.05, 4.69) is 20.4 Å². The van der Waals surface area contributed by atoms with Crippen LogP contribution in [0.15, 0.2) is 12.5 Å². The SMILES string of the molecule is CCc1c(C(=O)NCC2(O)CCC2)cnc2ncnn12. The zero-order chi connectivity index (χ0) is 14.2. The van der Waals surface area contributed by atoms with Gasteiger partial charge in [0.1, 0.15) is 6.33 Å². The number of hydrogen-bond acceptors (Lipinski definition) is 5. The number of aliphatic hydroxyl groups is 1. The first-order valence-corrected chi connectivity index (χ1v) is 6.81. The fraction of sp³-hybridized carbons (Fsp3) is 0.538. The molecule has 0 aromatic carbocycles. The van der Waals surface area contributed by atoms with Crippen molar-refractivity contribution < 1.29 is 9.90 Å². The number of hydrogen-bond donors (Lipinski definition) is 2. The van der Waals surface area contributed by atoms with Gasteiger partial charge in [-0.3, -0.25) is 4.79 Å². The quantitative estimate of drug-likeness (QED) is 0.839. The number of fused-ring (bicyclic) bond motifs is 1. The molecule has 1 aliphatic carbocycles. The summed E-state index contributed by atoms with van der Waals surface area (Å²) in [5, 5.41) is 16.9. The van der Waals surface area contributed by atoms with Crippen LogP contribution in [0.5, 0.6) is 0 Å². The lowest BCUT2D eigenvalue weighted by atomic mass is 9.80. The van der Waals surface area contributed by atoms with Crippen LogP contribution in [0.3, 0.4) is 0 Å². The van der Waals surface area contributed by atoms with Crippen molar-refractivity contribution in [1.29, 1.82) is 0 Å². The van der Waals surface area contributed by atoms with Crippen LogP contribution >= 0.6 is 0 Å². The fourth-order valence-corrected chi connectivity index (χ4v) is 2.46. The van der Waals surface area contributed by atoms with Gasteiger partial charge in [-0.05, 0) is 25.7 Å². The van der Waals surface area contributed by atoms with Crippen LogP contribution < -0.4 is 5.32 Å². The van der Waals surface area contributed by atoms with Gasteiger partial charge in [0.15, 0.2) is 0 Å². The van der Waals surface area contributed by atoms with Gasteiger partial charge in [0, 0.05) is 12.7 Å². The summed E-state index contributed by atoms with van der Waals surface area (Å²) in [6, 6.07) is 0. The molecule has 106 valence electrons. The average Bonchev–Trinajstić information content (AvgIpc) is 2.89. The molecular formula is C13H17N5O2. The minimum atomic E-state index is -0.729. The molecule has 1 saturated carbocycles. The maximum absolute atomic E-state index is 12.3. The summed E-state index contributed by atoms with van der Waals surface area (Å²) in [6.45, 7) is 2.23. The zero-order valence-electron chi connectivity index (χ0n) is 11.3. The maximum Gasteiger partial charge on any atom is 0.254 e. The van der Waals surface area contributed by atoms with E-state index in [4.69, 9.17) is 0 Å². The Kier molecular flexibility index (Phi) is 3.13. The van der Waals surface area contributed by atoms with Gasteiger partial charge in [0.05, 0.1) is 16.9 Å². The molecule has 1 fully saturated rings. The first kappa shape index (κ1) is 13.0. The molecule has 7 nitrogen and oxygen atoms in total. The molecule has 0 radical (unpaired) electrons. The largest absolute Gasteiger partial charge is 0.388 e. The van der Waals surface area contributed by atoms with Gasteiger partial charge in [0.25, 0.3) is 11.7 Å². The van der Waals surface area contributed by atoms with Crippen molar-refractivity contribution in [3.8, 4) is 0 Å². The van der Waals surface area contributed by atoms with E-state index >= 15 is 0 Å². The third kappa shape index (κ3) is 2.14. The van der Waals surface area contributed by atoms with Gasteiger partial charge < -0.3 is 10.4 Å². The topological polar surface area (TPSA) is 92.4 Å². The number of amides is 1. The molecule has 0 unspecified atom stereocenters. The van der Waals surface area contributed by atoms with Crippen molar-refractivity contribution in [2.24, 2.45) is 0 Å². The van der Waals surface area contributed by atoms with Crippen LogP contribution in [0.25, 0.3) is 5.78 Å². The molecule has 0 bridgehead atoms. The van der Waals surface area contributed by atoms with Crippen molar-refractivity contribution in [1.82, 2.24) is 24.9 Å². The molecule has 20 heavy (non-hydrogen) atoms. The van der Waals surface area contributed by atoms with Crippen LogP contribution in [0.4, 0.5) is 0 Å². The van der Waals surface area contributed by atoms with E-state index in [0.29, 0.717) is 17.8 Å². The van der Waals surface area contributed by atoms with Crippen LogP contribution in [0.2, 0.25) is 0 Å². The molecule has 0 aliphatic heterocycles. The Hall–Kier alpha value is -2.02. The van der Waals surface area contributed by atoms with Crippen molar-refractivity contribution in [3.05, 3.63) is 23.8 Å². The van der Waals surface area contributed by atoms with Gasteiger partial charge in [-0.25, -0.2) is 9.50 Å². The van der Waals surface area contributed by atoms with Crippen molar-refractivity contribution in [2.45, 2.75) is 38.2 Å². The standard InChI is InChI=1S/C13H17N5O2/c1-2-10-9(6-14-12-16-8-17-18(10)12)11(19)15-7-13(20)4-3-5-13/h6,8,20H,2-5,7H2,1H3,(H,15,19). The Morgan fingerprint density at radius 1 is 1.50 bits per heavy atom. The highest BCUT2D eigenvalue weighted by molar-refractivity contribution is 5.95. The summed E-state index contributed by atoms with van der Waals surface area (Å²) in [5.41, 5.74) is 0.520. The van der Waals surface area contributed by atoms with Crippen LogP contribution in [0, 0.1) is 0 Å². The smallest absolute Gasteiger partial charge is 0.254 e. The molecule has 0 saturated heterocycles. The molecule has 3 rings (SSSR count). The first-order valence-electron chi connectivity index (χ1n) is 6.81. The molecule has 7 heteroatoms. The maximum atomic E-state index is 12.3. The molecule has 2 aromatic rings. The second kappa shape index (κ2) is 4.82. The zero-order valence-corrected chi connectivity index (χ0v) is 11.3. The van der Waals surface area contributed by atoms with Crippen molar-refractivity contribution >= 4 is 11.7 Å². The van der Waals surface area contributed by atoms with Crippen LogP contribution in [-0.2, 0) is 6.42 Å². The summed E-state index contributed by atoms with van der Waals surface area (Å²) < 4.78 is 1.58. The average molecular weight is 275 g/mol. The predicted molar refractivity (Wildman–Crippen MR) is 71.3 cm³/mol. The fourth-order valence-electron chi connectivity index (χ4n) is 2.46. The van der Waals surface area contributed by atoms with Gasteiger partial charge in [-0.15, -0.1) is 0 Å².